The summed E-state index contributed by atoms with van der Waals surface area (Å²) in [6.45, 7) is 1.94. The second kappa shape index (κ2) is 6.39. The highest BCUT2D eigenvalue weighted by Crippen LogP contribution is 2.52. The van der Waals surface area contributed by atoms with Gasteiger partial charge < -0.3 is 10.0 Å². The lowest BCUT2D eigenvalue weighted by Crippen LogP contribution is -2.44. The number of aliphatic hydroxyl groups is 1. The van der Waals surface area contributed by atoms with Crippen LogP contribution in [0.25, 0.3) is 0 Å². The summed E-state index contributed by atoms with van der Waals surface area (Å²) in [6, 6.07) is 10.4. The van der Waals surface area contributed by atoms with Crippen LogP contribution in [0.1, 0.15) is 41.0 Å². The molecule has 2 aliphatic heterocycles. The van der Waals surface area contributed by atoms with Gasteiger partial charge in [-0.05, 0) is 38.2 Å². The Hall–Kier alpha value is -1.85. The molecule has 1 amide bonds. The number of rotatable bonds is 4. The molecular formula is C20H24ClN3O2. The van der Waals surface area contributed by atoms with Gasteiger partial charge in [-0.1, -0.05) is 41.9 Å². The van der Waals surface area contributed by atoms with Crippen molar-refractivity contribution in [3.8, 4) is 0 Å². The molecule has 5 nitrogen and oxygen atoms in total. The topological polar surface area (TPSA) is 58.4 Å². The average molecular weight is 374 g/mol. The standard InChI is InChI=1S/C20H24ClN3O2/c1-13-17(21)18(22-23(13)2)19(26)24-15-8-9-16(24)20(11-15,12-25)10-14-6-4-3-5-7-14/h3-7,15-16,25H,8-12H2,1-2H3/t15-,16+,20-/m0/s1. The Bertz CT molecular complexity index is 835. The number of carbonyl (C=O) groups excluding carboxylic acids is 1. The molecule has 2 bridgehead atoms. The van der Waals surface area contributed by atoms with Crippen LogP contribution in [-0.2, 0) is 13.5 Å². The van der Waals surface area contributed by atoms with Crippen molar-refractivity contribution in [2.75, 3.05) is 6.61 Å². The molecule has 0 saturated carbocycles. The summed E-state index contributed by atoms with van der Waals surface area (Å²) in [5, 5.41) is 15.1. The predicted octanol–water partition coefficient (Wildman–Crippen LogP) is 2.98. The Kier molecular flexibility index (Phi) is 4.32. The summed E-state index contributed by atoms with van der Waals surface area (Å²) in [4.78, 5) is 15.2. The molecule has 0 aliphatic carbocycles. The summed E-state index contributed by atoms with van der Waals surface area (Å²) >= 11 is 6.36. The Morgan fingerprint density at radius 1 is 1.35 bits per heavy atom. The molecule has 3 heterocycles. The zero-order valence-corrected chi connectivity index (χ0v) is 15.9. The first-order valence-electron chi connectivity index (χ1n) is 9.13. The molecule has 0 unspecified atom stereocenters. The Morgan fingerprint density at radius 3 is 2.69 bits per heavy atom. The third-order valence-electron chi connectivity index (χ3n) is 6.26. The first-order chi connectivity index (χ1) is 12.5. The van der Waals surface area contributed by atoms with Crippen LogP contribution in [0.5, 0.6) is 0 Å². The van der Waals surface area contributed by atoms with Crippen LogP contribution < -0.4 is 0 Å². The summed E-state index contributed by atoms with van der Waals surface area (Å²) in [5.74, 6) is -0.102. The Labute approximate surface area is 158 Å². The van der Waals surface area contributed by atoms with Crippen molar-refractivity contribution in [3.05, 3.63) is 52.3 Å². The van der Waals surface area contributed by atoms with Gasteiger partial charge in [0.2, 0.25) is 0 Å². The fraction of sp³-hybridized carbons (Fsp3) is 0.500. The number of amides is 1. The molecule has 1 aromatic carbocycles. The van der Waals surface area contributed by atoms with E-state index in [9.17, 15) is 9.90 Å². The number of hydrogen-bond donors (Lipinski definition) is 1. The van der Waals surface area contributed by atoms with E-state index in [1.165, 1.54) is 5.56 Å². The van der Waals surface area contributed by atoms with Gasteiger partial charge in [-0.15, -0.1) is 0 Å². The van der Waals surface area contributed by atoms with Gasteiger partial charge >= 0.3 is 0 Å². The molecule has 1 aromatic heterocycles. The minimum absolute atomic E-state index is 0.0311. The van der Waals surface area contributed by atoms with Crippen molar-refractivity contribution in [2.45, 2.75) is 44.7 Å². The fourth-order valence-electron chi connectivity index (χ4n) is 4.86. The first kappa shape index (κ1) is 17.6. The zero-order chi connectivity index (χ0) is 18.5. The molecule has 26 heavy (non-hydrogen) atoms. The number of carbonyl (C=O) groups is 1. The number of aromatic nitrogens is 2. The first-order valence-corrected chi connectivity index (χ1v) is 9.51. The molecule has 2 aromatic rings. The van der Waals surface area contributed by atoms with Crippen LogP contribution in [0.15, 0.2) is 30.3 Å². The summed E-state index contributed by atoms with van der Waals surface area (Å²) in [7, 11) is 1.80. The van der Waals surface area contributed by atoms with E-state index in [1.54, 1.807) is 11.7 Å². The molecule has 1 N–H and O–H groups in total. The smallest absolute Gasteiger partial charge is 0.276 e. The van der Waals surface area contributed by atoms with Gasteiger partial charge in [0.1, 0.15) is 0 Å². The molecule has 0 radical (unpaired) electrons. The largest absolute Gasteiger partial charge is 0.396 e. The van der Waals surface area contributed by atoms with Crippen molar-refractivity contribution in [1.29, 1.82) is 0 Å². The maximum atomic E-state index is 13.2. The maximum Gasteiger partial charge on any atom is 0.276 e. The van der Waals surface area contributed by atoms with E-state index >= 15 is 0 Å². The second-order valence-electron chi connectivity index (χ2n) is 7.72. The summed E-state index contributed by atoms with van der Waals surface area (Å²) in [5.41, 5.74) is 2.04. The van der Waals surface area contributed by atoms with Crippen LogP contribution in [0.4, 0.5) is 0 Å². The van der Waals surface area contributed by atoms with E-state index < -0.39 is 0 Å². The second-order valence-corrected chi connectivity index (χ2v) is 8.10. The Morgan fingerprint density at radius 2 is 2.08 bits per heavy atom. The molecule has 3 atom stereocenters. The van der Waals surface area contributed by atoms with Crippen LogP contribution in [0.3, 0.4) is 0 Å². The van der Waals surface area contributed by atoms with Crippen LogP contribution >= 0.6 is 11.6 Å². The van der Waals surface area contributed by atoms with Crippen LogP contribution in [0, 0.1) is 12.3 Å². The SMILES string of the molecule is Cc1c(Cl)c(C(=O)N2[C@H]3CC[C@@H]2[C@@](CO)(Cc2ccccc2)C3)nn1C. The molecular weight excluding hydrogens is 350 g/mol. The van der Waals surface area contributed by atoms with E-state index in [4.69, 9.17) is 11.6 Å². The van der Waals surface area contributed by atoms with Gasteiger partial charge in [0, 0.05) is 24.5 Å². The van der Waals surface area contributed by atoms with Crippen molar-refractivity contribution in [3.63, 3.8) is 0 Å². The summed E-state index contributed by atoms with van der Waals surface area (Å²) < 4.78 is 1.65. The quantitative estimate of drug-likeness (QED) is 0.896. The van der Waals surface area contributed by atoms with Gasteiger partial charge in [0.25, 0.3) is 5.91 Å². The number of aryl methyl sites for hydroxylation is 1. The third kappa shape index (κ3) is 2.57. The highest BCUT2D eigenvalue weighted by atomic mass is 35.5. The lowest BCUT2D eigenvalue weighted by atomic mass is 9.70. The van der Waals surface area contributed by atoms with E-state index in [2.05, 4.69) is 17.2 Å². The highest BCUT2D eigenvalue weighted by molar-refractivity contribution is 6.34. The molecule has 138 valence electrons. The minimum atomic E-state index is -0.282. The number of aliphatic hydroxyl groups excluding tert-OH is 1. The lowest BCUT2D eigenvalue weighted by Gasteiger charge is -2.36. The van der Waals surface area contributed by atoms with Crippen LogP contribution in [0.2, 0.25) is 5.02 Å². The van der Waals surface area contributed by atoms with Gasteiger partial charge in [-0.2, -0.15) is 5.10 Å². The van der Waals surface area contributed by atoms with Gasteiger partial charge in [0.05, 0.1) is 17.3 Å². The molecule has 2 fully saturated rings. The van der Waals surface area contributed by atoms with Crippen LogP contribution in [-0.4, -0.2) is 44.4 Å². The maximum absolute atomic E-state index is 13.2. The van der Waals surface area contributed by atoms with Gasteiger partial charge in [0.15, 0.2) is 5.69 Å². The average Bonchev–Trinajstić information content (AvgIpc) is 3.28. The number of fused-ring (bicyclic) bond motifs is 2. The molecule has 6 heteroatoms. The minimum Gasteiger partial charge on any atom is -0.396 e. The van der Waals surface area contributed by atoms with E-state index in [0.29, 0.717) is 10.7 Å². The van der Waals surface area contributed by atoms with Gasteiger partial charge in [-0.3, -0.25) is 9.48 Å². The fourth-order valence-corrected chi connectivity index (χ4v) is 5.10. The van der Waals surface area contributed by atoms with Crippen molar-refractivity contribution >= 4 is 17.5 Å². The van der Waals surface area contributed by atoms with Crippen molar-refractivity contribution in [1.82, 2.24) is 14.7 Å². The van der Waals surface area contributed by atoms with E-state index in [1.807, 2.05) is 30.0 Å². The van der Waals surface area contributed by atoms with E-state index in [-0.39, 0.29) is 30.0 Å². The summed E-state index contributed by atoms with van der Waals surface area (Å²) in [6.07, 6.45) is 3.52. The zero-order valence-electron chi connectivity index (χ0n) is 15.2. The van der Waals surface area contributed by atoms with Gasteiger partial charge in [-0.25, -0.2) is 0 Å². The number of nitrogens with zero attached hydrogens (tertiary/aromatic N) is 3. The highest BCUT2D eigenvalue weighted by Gasteiger charge is 2.57. The Balaban J connectivity index is 1.65. The number of benzene rings is 1. The van der Waals surface area contributed by atoms with E-state index in [0.717, 1.165) is 31.4 Å². The normalized spacial score (nSPS) is 27.3. The monoisotopic (exact) mass is 373 g/mol. The molecule has 0 spiro atoms. The number of halogens is 1. The van der Waals surface area contributed by atoms with Crippen molar-refractivity contribution in [2.24, 2.45) is 12.5 Å². The molecule has 2 aliphatic rings. The molecule has 4 rings (SSSR count). The van der Waals surface area contributed by atoms with Crippen molar-refractivity contribution < 1.29 is 9.90 Å². The predicted molar refractivity (Wildman–Crippen MR) is 100 cm³/mol. The molecule has 2 saturated heterocycles. The number of hydrogen-bond acceptors (Lipinski definition) is 3. The third-order valence-corrected chi connectivity index (χ3v) is 6.72. The lowest BCUT2D eigenvalue weighted by molar-refractivity contribution is 0.0566.